The largest absolute Gasteiger partial charge is 0.394 e. The maximum atomic E-state index is 13.5. The van der Waals surface area contributed by atoms with Gasteiger partial charge in [-0.15, -0.1) is 0 Å². The Labute approximate surface area is 101 Å². The molecule has 2 rings (SSSR count). The van der Waals surface area contributed by atoms with Crippen molar-refractivity contribution in [1.82, 2.24) is 9.55 Å². The van der Waals surface area contributed by atoms with Crippen molar-refractivity contribution in [3.63, 3.8) is 0 Å². The topological polar surface area (TPSA) is 84.3 Å². The van der Waals surface area contributed by atoms with Crippen molar-refractivity contribution in [2.45, 2.75) is 24.9 Å². The number of alkyl halides is 1. The van der Waals surface area contributed by atoms with E-state index in [1.54, 1.807) is 0 Å². The molecule has 0 radical (unpaired) electrons. The smallest absolute Gasteiger partial charge is 0.330 e. The molecule has 1 aromatic rings. The maximum Gasteiger partial charge on any atom is 0.330 e. The Morgan fingerprint density at radius 3 is 3.06 bits per heavy atom. The van der Waals surface area contributed by atoms with Gasteiger partial charge in [-0.05, 0) is 0 Å². The molecular formula is C9H10ClFN2O4. The number of hydrogen-bond donors (Lipinski definition) is 2. The zero-order valence-corrected chi connectivity index (χ0v) is 9.22. The molecule has 2 N–H and O–H groups in total. The molecule has 0 saturated carbocycles. The predicted octanol–water partition coefficient (Wildman–Crippen LogP) is -0.192. The van der Waals surface area contributed by atoms with Crippen LogP contribution in [-0.2, 0) is 4.74 Å². The first-order valence-electron chi connectivity index (χ1n) is 5.38. The third kappa shape index (κ3) is 2.26. The van der Waals surface area contributed by atoms with Crippen molar-refractivity contribution in [2.75, 3.05) is 6.58 Å². The minimum absolute atomic E-state index is 0.205. The maximum absolute atomic E-state index is 13.5. The van der Waals surface area contributed by atoms with Gasteiger partial charge in [0.1, 0.15) is 23.5 Å². The molecule has 0 aromatic carbocycles. The normalized spacial score (nSPS) is 31.2. The number of aromatic amines is 1. The van der Waals surface area contributed by atoms with E-state index in [4.69, 9.17) is 22.8 Å². The minimum atomic E-state index is -1.74. The number of halogens is 2. The Bertz CT molecular complexity index is 560. The zero-order valence-electron chi connectivity index (χ0n) is 9.47. The van der Waals surface area contributed by atoms with Gasteiger partial charge >= 0.3 is 5.69 Å². The van der Waals surface area contributed by atoms with Gasteiger partial charge in [0.05, 0.1) is 7.95 Å². The number of aromatic nitrogens is 2. The van der Waals surface area contributed by atoms with Crippen molar-refractivity contribution in [2.24, 2.45) is 0 Å². The molecule has 0 amide bonds. The number of nitrogens with zero attached hydrogens (tertiary/aromatic N) is 1. The van der Waals surface area contributed by atoms with Gasteiger partial charge in [-0.2, -0.15) is 0 Å². The summed E-state index contributed by atoms with van der Waals surface area (Å²) in [6.07, 6.45) is -3.07. The van der Waals surface area contributed by atoms with Gasteiger partial charge in [0.2, 0.25) is 0 Å². The van der Waals surface area contributed by atoms with E-state index in [1.165, 1.54) is 0 Å². The van der Waals surface area contributed by atoms with Crippen LogP contribution in [0.5, 0.6) is 0 Å². The Kier molecular flexibility index (Phi) is 2.96. The molecule has 1 aliphatic heterocycles. The van der Waals surface area contributed by atoms with Crippen LogP contribution in [0.25, 0.3) is 0 Å². The van der Waals surface area contributed by atoms with Crippen LogP contribution < -0.4 is 11.2 Å². The summed E-state index contributed by atoms with van der Waals surface area (Å²) in [6, 6.07) is 0. The Morgan fingerprint density at radius 2 is 2.47 bits per heavy atom. The highest BCUT2D eigenvalue weighted by atomic mass is 35.5. The average molecular weight is 267 g/mol. The van der Waals surface area contributed by atoms with Crippen LogP contribution in [-0.4, -0.2) is 33.5 Å². The zero-order chi connectivity index (χ0) is 13.4. The van der Waals surface area contributed by atoms with Crippen molar-refractivity contribution < 1.29 is 15.6 Å². The number of H-pyrrole nitrogens is 1. The summed E-state index contributed by atoms with van der Waals surface area (Å²) in [5.41, 5.74) is -1.54. The molecule has 0 aliphatic carbocycles. The lowest BCUT2D eigenvalue weighted by Crippen LogP contribution is -2.32. The predicted molar refractivity (Wildman–Crippen MR) is 56.8 cm³/mol. The van der Waals surface area contributed by atoms with E-state index in [9.17, 15) is 14.0 Å². The molecule has 17 heavy (non-hydrogen) atoms. The molecule has 6 nitrogen and oxygen atoms in total. The molecule has 2 heterocycles. The first kappa shape index (κ1) is 10.9. The molecule has 1 unspecified atom stereocenters. The summed E-state index contributed by atoms with van der Waals surface area (Å²) in [6.45, 7) is -1.74. The second kappa shape index (κ2) is 4.59. The molecular weight excluding hydrogens is 255 g/mol. The summed E-state index contributed by atoms with van der Waals surface area (Å²) >= 11 is 5.56. The fourth-order valence-electron chi connectivity index (χ4n) is 1.63. The van der Waals surface area contributed by atoms with Gasteiger partial charge in [-0.1, -0.05) is 11.6 Å². The Balaban J connectivity index is 2.32. The molecule has 4 atom stereocenters. The van der Waals surface area contributed by atoms with Crippen LogP contribution in [0.3, 0.4) is 0 Å². The van der Waals surface area contributed by atoms with Crippen molar-refractivity contribution in [3.8, 4) is 0 Å². The van der Waals surface area contributed by atoms with E-state index in [0.717, 1.165) is 10.8 Å². The van der Waals surface area contributed by atoms with E-state index >= 15 is 0 Å². The molecule has 1 aliphatic rings. The summed E-state index contributed by atoms with van der Waals surface area (Å²) < 4.78 is 26.5. The fraction of sp³-hybridized carbons (Fsp3) is 0.556. The summed E-state index contributed by atoms with van der Waals surface area (Å²) in [7, 11) is 0. The average Bonchev–Trinajstić information content (AvgIpc) is 2.65. The van der Waals surface area contributed by atoms with E-state index < -0.39 is 36.3 Å². The highest BCUT2D eigenvalue weighted by Crippen LogP contribution is 2.29. The Morgan fingerprint density at radius 1 is 1.76 bits per heavy atom. The van der Waals surface area contributed by atoms with Crippen LogP contribution in [0.4, 0.5) is 4.39 Å². The highest BCUT2D eigenvalue weighted by molar-refractivity contribution is 6.30. The van der Waals surface area contributed by atoms with Crippen LogP contribution in [0.2, 0.25) is 5.02 Å². The Hall–Kier alpha value is -1.18. The van der Waals surface area contributed by atoms with Crippen LogP contribution in [0.15, 0.2) is 15.8 Å². The lowest BCUT2D eigenvalue weighted by Gasteiger charge is -2.14. The molecule has 8 heteroatoms. The van der Waals surface area contributed by atoms with E-state index in [1.807, 2.05) is 4.98 Å². The molecule has 1 aromatic heterocycles. The lowest BCUT2D eigenvalue weighted by molar-refractivity contribution is -0.0356. The first-order chi connectivity index (χ1) is 8.40. The molecule has 1 saturated heterocycles. The second-order valence-electron chi connectivity index (χ2n) is 3.60. The third-order valence-electron chi connectivity index (χ3n) is 2.48. The van der Waals surface area contributed by atoms with Crippen LogP contribution in [0.1, 0.15) is 14.0 Å². The van der Waals surface area contributed by atoms with Crippen molar-refractivity contribution in [1.29, 1.82) is 0 Å². The van der Waals surface area contributed by atoms with Gasteiger partial charge in [-0.25, -0.2) is 9.18 Å². The highest BCUT2D eigenvalue weighted by Gasteiger charge is 2.36. The van der Waals surface area contributed by atoms with Gasteiger partial charge in [0, 0.05) is 12.6 Å². The quantitative estimate of drug-likeness (QED) is 0.777. The van der Waals surface area contributed by atoms with Crippen molar-refractivity contribution >= 4 is 11.6 Å². The van der Waals surface area contributed by atoms with Gasteiger partial charge in [0.15, 0.2) is 0 Å². The fourth-order valence-corrected chi connectivity index (χ4v) is 1.78. The molecule has 1 fully saturated rings. The van der Waals surface area contributed by atoms with Gasteiger partial charge in [-0.3, -0.25) is 14.3 Å². The van der Waals surface area contributed by atoms with Gasteiger partial charge < -0.3 is 9.84 Å². The lowest BCUT2D eigenvalue weighted by atomic mass is 10.2. The first-order valence-corrected chi connectivity index (χ1v) is 5.18. The molecule has 0 spiro atoms. The minimum Gasteiger partial charge on any atom is -0.394 e. The number of hydrogen-bond acceptors (Lipinski definition) is 4. The standard InChI is InChI=1S/C9H10ClFN2O4/c10-4-2-13(9(16)12-8(4)15)7-1-5(11)6(3-14)17-7/h2,5-7,14H,1,3H2,(H,12,15,16)/t5-,6+,7+/m0/s1/i3T/t3?,5-,6+,7+. The number of rotatable bonds is 2. The van der Waals surface area contributed by atoms with Crippen LogP contribution in [0, 0.1) is 0 Å². The number of aliphatic hydroxyl groups excluding tert-OH is 1. The number of aliphatic hydroxyl groups is 1. The van der Waals surface area contributed by atoms with Gasteiger partial charge in [0.25, 0.3) is 5.56 Å². The number of ether oxygens (including phenoxy) is 1. The summed E-state index contributed by atoms with van der Waals surface area (Å²) in [4.78, 5) is 24.5. The second-order valence-corrected chi connectivity index (χ2v) is 4.01. The monoisotopic (exact) mass is 266 g/mol. The number of nitrogens with one attached hydrogen (secondary N) is 1. The molecule has 94 valence electrons. The van der Waals surface area contributed by atoms with E-state index in [2.05, 4.69) is 0 Å². The van der Waals surface area contributed by atoms with Crippen LogP contribution >= 0.6 is 11.6 Å². The van der Waals surface area contributed by atoms with E-state index in [-0.39, 0.29) is 11.4 Å². The van der Waals surface area contributed by atoms with Crippen molar-refractivity contribution in [3.05, 3.63) is 32.1 Å². The SMILES string of the molecule is [3H]C(O)[C@H]1O[C@@H](n2cc(Cl)c(=O)[nH]c2=O)C[C@@H]1F. The summed E-state index contributed by atoms with van der Waals surface area (Å²) in [5.74, 6) is 0. The summed E-state index contributed by atoms with van der Waals surface area (Å²) in [5, 5.41) is 8.75. The third-order valence-corrected chi connectivity index (χ3v) is 2.75. The van der Waals surface area contributed by atoms with E-state index in [0.29, 0.717) is 0 Å². The molecule has 0 bridgehead atoms.